The summed E-state index contributed by atoms with van der Waals surface area (Å²) in [7, 11) is -7.69. The van der Waals surface area contributed by atoms with Gasteiger partial charge >= 0.3 is 0 Å². The summed E-state index contributed by atoms with van der Waals surface area (Å²) in [5.41, 5.74) is 1.11. The number of carbonyl (C=O) groups is 1. The third kappa shape index (κ3) is 6.60. The molecule has 0 unspecified atom stereocenters. The summed E-state index contributed by atoms with van der Waals surface area (Å²) in [5.74, 6) is -0.459. The molecule has 3 N–H and O–H groups in total. The molecule has 0 fully saturated rings. The maximum atomic E-state index is 12.7. The van der Waals surface area contributed by atoms with Gasteiger partial charge in [-0.15, -0.1) is 0 Å². The summed E-state index contributed by atoms with van der Waals surface area (Å²) in [6.45, 7) is 0. The number of nitrogens with one attached hydrogen (secondary N) is 3. The monoisotopic (exact) mass is 575 g/mol. The molecule has 8 nitrogen and oxygen atoms in total. The van der Waals surface area contributed by atoms with E-state index in [9.17, 15) is 21.6 Å². The number of halogens is 2. The summed E-state index contributed by atoms with van der Waals surface area (Å²) in [4.78, 5) is 12.7. The van der Waals surface area contributed by atoms with Crippen molar-refractivity contribution in [3.8, 4) is 0 Å². The highest BCUT2D eigenvalue weighted by Crippen LogP contribution is 2.28. The van der Waals surface area contributed by atoms with Crippen molar-refractivity contribution < 1.29 is 21.6 Å². The maximum absolute atomic E-state index is 12.7. The second-order valence-corrected chi connectivity index (χ2v) is 11.9. The van der Waals surface area contributed by atoms with Crippen LogP contribution in [0.25, 0.3) is 0 Å². The van der Waals surface area contributed by atoms with Crippen LogP contribution in [-0.2, 0) is 20.0 Å². The number of amides is 1. The molecule has 0 aliphatic rings. The molecule has 0 aromatic heterocycles. The smallest absolute Gasteiger partial charge is 0.261 e. The van der Waals surface area contributed by atoms with E-state index in [1.165, 1.54) is 78.9 Å². The number of benzene rings is 4. The van der Waals surface area contributed by atoms with Crippen molar-refractivity contribution in [2.24, 2.45) is 0 Å². The zero-order valence-corrected chi connectivity index (χ0v) is 22.0. The van der Waals surface area contributed by atoms with Crippen molar-refractivity contribution >= 4 is 66.2 Å². The minimum Gasteiger partial charge on any atom is -0.322 e. The lowest BCUT2D eigenvalue weighted by atomic mass is 10.2. The Balaban J connectivity index is 1.40. The van der Waals surface area contributed by atoms with E-state index in [0.29, 0.717) is 16.4 Å². The van der Waals surface area contributed by atoms with Gasteiger partial charge in [-0.05, 0) is 78.9 Å². The third-order valence-corrected chi connectivity index (χ3v) is 8.38. The second kappa shape index (κ2) is 10.8. The highest BCUT2D eigenvalue weighted by atomic mass is 35.5. The van der Waals surface area contributed by atoms with Crippen LogP contribution in [0.5, 0.6) is 0 Å². The van der Waals surface area contributed by atoms with Gasteiger partial charge in [-0.1, -0.05) is 41.4 Å². The Kier molecular flexibility index (Phi) is 7.74. The Morgan fingerprint density at radius 2 is 1.19 bits per heavy atom. The Morgan fingerprint density at radius 1 is 0.622 bits per heavy atom. The van der Waals surface area contributed by atoms with Crippen LogP contribution in [0.3, 0.4) is 0 Å². The standard InChI is InChI=1S/C25H19Cl2N3O5S2/c26-18-8-15-24(23(27)16-18)30-37(34,35)22-13-11-19(12-14-22)28-25(31)17-6-9-20(10-7-17)29-36(32,33)21-4-2-1-3-5-21/h1-16,29-30H,(H,28,31). The molecule has 4 rings (SSSR count). The summed E-state index contributed by atoms with van der Waals surface area (Å²) in [6.07, 6.45) is 0. The van der Waals surface area contributed by atoms with Crippen LogP contribution in [-0.4, -0.2) is 22.7 Å². The van der Waals surface area contributed by atoms with Gasteiger partial charge in [0.2, 0.25) is 0 Å². The zero-order valence-electron chi connectivity index (χ0n) is 18.9. The van der Waals surface area contributed by atoms with Gasteiger partial charge in [-0.2, -0.15) is 0 Å². The van der Waals surface area contributed by atoms with E-state index in [1.807, 2.05) is 0 Å². The van der Waals surface area contributed by atoms with Crippen LogP contribution < -0.4 is 14.8 Å². The van der Waals surface area contributed by atoms with Gasteiger partial charge in [0, 0.05) is 22.0 Å². The van der Waals surface area contributed by atoms with E-state index in [0.717, 1.165) is 0 Å². The lowest BCUT2D eigenvalue weighted by Gasteiger charge is -2.11. The highest BCUT2D eigenvalue weighted by Gasteiger charge is 2.17. The molecule has 0 saturated heterocycles. The van der Waals surface area contributed by atoms with Crippen molar-refractivity contribution in [1.82, 2.24) is 0 Å². The van der Waals surface area contributed by atoms with Crippen LogP contribution >= 0.6 is 23.2 Å². The van der Waals surface area contributed by atoms with Crippen molar-refractivity contribution in [3.63, 3.8) is 0 Å². The van der Waals surface area contributed by atoms with E-state index in [2.05, 4.69) is 14.8 Å². The van der Waals surface area contributed by atoms with Gasteiger partial charge in [0.15, 0.2) is 0 Å². The van der Waals surface area contributed by atoms with Crippen LogP contribution in [0.4, 0.5) is 17.1 Å². The Morgan fingerprint density at radius 3 is 1.81 bits per heavy atom. The minimum absolute atomic E-state index is 0.0356. The summed E-state index contributed by atoms with van der Waals surface area (Å²) in [6, 6.07) is 23.7. The average molecular weight is 576 g/mol. The fourth-order valence-corrected chi connectivity index (χ4v) is 5.87. The first-order valence-corrected chi connectivity index (χ1v) is 14.3. The van der Waals surface area contributed by atoms with Gasteiger partial charge in [-0.3, -0.25) is 14.2 Å². The predicted molar refractivity (Wildman–Crippen MR) is 145 cm³/mol. The van der Waals surface area contributed by atoms with Gasteiger partial charge in [0.1, 0.15) is 0 Å². The SMILES string of the molecule is O=C(Nc1ccc(S(=O)(=O)Nc2ccc(Cl)cc2Cl)cc1)c1ccc(NS(=O)(=O)c2ccccc2)cc1. The molecule has 4 aromatic rings. The minimum atomic E-state index is -3.93. The fraction of sp³-hybridized carbons (Fsp3) is 0. The fourth-order valence-electron chi connectivity index (χ4n) is 3.20. The lowest BCUT2D eigenvalue weighted by Crippen LogP contribution is -2.15. The lowest BCUT2D eigenvalue weighted by molar-refractivity contribution is 0.102. The topological polar surface area (TPSA) is 121 Å². The number of rotatable bonds is 8. The molecule has 0 heterocycles. The first-order valence-electron chi connectivity index (χ1n) is 10.6. The van der Waals surface area contributed by atoms with Crippen molar-refractivity contribution in [2.75, 3.05) is 14.8 Å². The number of anilines is 3. The summed E-state index contributed by atoms with van der Waals surface area (Å²) >= 11 is 11.9. The predicted octanol–water partition coefficient (Wildman–Crippen LogP) is 5.85. The van der Waals surface area contributed by atoms with Crippen LogP contribution in [0.2, 0.25) is 10.0 Å². The Hall–Kier alpha value is -3.57. The average Bonchev–Trinajstić information content (AvgIpc) is 2.87. The largest absolute Gasteiger partial charge is 0.322 e. The molecule has 0 atom stereocenters. The maximum Gasteiger partial charge on any atom is 0.261 e. The molecule has 0 aliphatic carbocycles. The molecule has 0 saturated carbocycles. The molecule has 0 aliphatic heterocycles. The first kappa shape index (κ1) is 26.5. The van der Waals surface area contributed by atoms with E-state index >= 15 is 0 Å². The summed E-state index contributed by atoms with van der Waals surface area (Å²) < 4.78 is 55.1. The van der Waals surface area contributed by atoms with Crippen molar-refractivity contribution in [1.29, 1.82) is 0 Å². The van der Waals surface area contributed by atoms with E-state index in [1.54, 1.807) is 18.2 Å². The van der Waals surface area contributed by atoms with Gasteiger partial charge in [0.25, 0.3) is 26.0 Å². The third-order valence-electron chi connectivity index (χ3n) is 5.05. The molecule has 0 spiro atoms. The molecular weight excluding hydrogens is 557 g/mol. The molecule has 12 heteroatoms. The van der Waals surface area contributed by atoms with Gasteiger partial charge in [0.05, 0.1) is 20.5 Å². The van der Waals surface area contributed by atoms with Crippen LogP contribution in [0.1, 0.15) is 10.4 Å². The van der Waals surface area contributed by atoms with E-state index in [4.69, 9.17) is 23.2 Å². The van der Waals surface area contributed by atoms with Crippen molar-refractivity contribution in [3.05, 3.63) is 113 Å². The quantitative estimate of drug-likeness (QED) is 0.243. The van der Waals surface area contributed by atoms with Gasteiger partial charge < -0.3 is 5.32 Å². The Bertz CT molecular complexity index is 1650. The number of sulfonamides is 2. The van der Waals surface area contributed by atoms with Crippen molar-refractivity contribution in [2.45, 2.75) is 9.79 Å². The Labute approximate surface area is 224 Å². The highest BCUT2D eigenvalue weighted by molar-refractivity contribution is 7.93. The molecule has 1 amide bonds. The van der Waals surface area contributed by atoms with Crippen LogP contribution in [0, 0.1) is 0 Å². The number of carbonyl (C=O) groups excluding carboxylic acids is 1. The molecular formula is C25H19Cl2N3O5S2. The zero-order chi connectivity index (χ0) is 26.6. The second-order valence-electron chi connectivity index (χ2n) is 7.70. The molecule has 0 radical (unpaired) electrons. The van der Waals surface area contributed by atoms with Crippen LogP contribution in [0.15, 0.2) is 107 Å². The number of hydrogen-bond donors (Lipinski definition) is 3. The molecule has 190 valence electrons. The number of hydrogen-bond acceptors (Lipinski definition) is 5. The van der Waals surface area contributed by atoms with Gasteiger partial charge in [-0.25, -0.2) is 16.8 Å². The summed E-state index contributed by atoms with van der Waals surface area (Å²) in [5, 5.41) is 3.19. The molecule has 37 heavy (non-hydrogen) atoms. The molecule has 4 aromatic carbocycles. The van der Waals surface area contributed by atoms with E-state index in [-0.39, 0.29) is 26.1 Å². The van der Waals surface area contributed by atoms with E-state index < -0.39 is 26.0 Å². The first-order chi connectivity index (χ1) is 17.5. The normalized spacial score (nSPS) is 11.5. The molecule has 0 bridgehead atoms.